The largest absolute Gasteiger partial charge is 0.383 e. The molecule has 0 radical (unpaired) electrons. The maximum absolute atomic E-state index is 4.96. The van der Waals surface area contributed by atoms with E-state index in [1.54, 1.807) is 7.11 Å². The number of nitrogens with one attached hydrogen (secondary N) is 2. The minimum absolute atomic E-state index is 0.766. The van der Waals surface area contributed by atoms with Crippen LogP contribution >= 0.6 is 0 Å². The van der Waals surface area contributed by atoms with Crippen LogP contribution in [0.25, 0.3) is 0 Å². The predicted molar refractivity (Wildman–Crippen MR) is 69.1 cm³/mol. The monoisotopic (exact) mass is 240 g/mol. The van der Waals surface area contributed by atoms with Crippen LogP contribution in [0.2, 0.25) is 0 Å². The summed E-state index contributed by atoms with van der Waals surface area (Å²) in [4.78, 5) is 0. The Morgan fingerprint density at radius 2 is 2.06 bits per heavy atom. The Morgan fingerprint density at radius 3 is 2.76 bits per heavy atom. The number of ether oxygens (including phenoxy) is 1. The van der Waals surface area contributed by atoms with E-state index in [0.717, 1.165) is 45.0 Å². The summed E-state index contributed by atoms with van der Waals surface area (Å²) in [6, 6.07) is 2.13. The van der Waals surface area contributed by atoms with Crippen LogP contribution in [0.15, 0.2) is 6.07 Å². The van der Waals surface area contributed by atoms with Gasteiger partial charge in [0.25, 0.3) is 0 Å². The van der Waals surface area contributed by atoms with Crippen LogP contribution in [0, 0.1) is 6.92 Å². The Balaban J connectivity index is 2.13. The average molecular weight is 240 g/mol. The molecule has 0 aliphatic carbocycles. The summed E-state index contributed by atoms with van der Waals surface area (Å²) in [5.74, 6) is 0. The van der Waals surface area contributed by atoms with E-state index in [2.05, 4.69) is 28.7 Å². The summed E-state index contributed by atoms with van der Waals surface area (Å²) in [7, 11) is 1.72. The first-order valence-corrected chi connectivity index (χ1v) is 6.21. The fourth-order valence-electron chi connectivity index (χ4n) is 1.71. The van der Waals surface area contributed by atoms with Crippen LogP contribution in [-0.2, 0) is 17.8 Å². The Hall–Kier alpha value is -0.910. The van der Waals surface area contributed by atoms with Gasteiger partial charge < -0.3 is 15.4 Å². The number of methoxy groups -OCH3 is 1. The van der Waals surface area contributed by atoms with Gasteiger partial charge in [0.1, 0.15) is 0 Å². The van der Waals surface area contributed by atoms with Gasteiger partial charge in [-0.25, -0.2) is 0 Å². The fourth-order valence-corrected chi connectivity index (χ4v) is 1.71. The van der Waals surface area contributed by atoms with E-state index in [4.69, 9.17) is 4.74 Å². The molecule has 1 heterocycles. The van der Waals surface area contributed by atoms with Crippen molar-refractivity contribution in [3.63, 3.8) is 0 Å². The molecule has 0 spiro atoms. The molecule has 0 bridgehead atoms. The molecule has 0 saturated heterocycles. The molecule has 2 N–H and O–H groups in total. The van der Waals surface area contributed by atoms with Crippen molar-refractivity contribution in [1.82, 2.24) is 20.4 Å². The van der Waals surface area contributed by atoms with E-state index in [1.165, 1.54) is 5.69 Å². The van der Waals surface area contributed by atoms with Gasteiger partial charge in [-0.2, -0.15) is 5.10 Å². The van der Waals surface area contributed by atoms with E-state index < -0.39 is 0 Å². The number of rotatable bonds is 9. The molecule has 0 saturated carbocycles. The summed E-state index contributed by atoms with van der Waals surface area (Å²) in [5.41, 5.74) is 2.34. The predicted octanol–water partition coefficient (Wildman–Crippen LogP) is 0.537. The molecule has 0 aliphatic heterocycles. The molecule has 0 amide bonds. The third kappa shape index (κ3) is 5.30. The molecule has 0 aliphatic rings. The zero-order valence-electron chi connectivity index (χ0n) is 11.1. The van der Waals surface area contributed by atoms with Crippen molar-refractivity contribution in [3.05, 3.63) is 17.5 Å². The van der Waals surface area contributed by atoms with Gasteiger partial charge in [-0.05, 0) is 19.9 Å². The standard InChI is InChI=1S/C12H24N4O/c1-4-16-12(9-11(2)15-16)10-14-6-5-13-7-8-17-3/h9,13-14H,4-8,10H2,1-3H3. The summed E-state index contributed by atoms with van der Waals surface area (Å²) < 4.78 is 7.00. The smallest absolute Gasteiger partial charge is 0.0597 e. The Kier molecular flexibility index (Phi) is 6.84. The fraction of sp³-hybridized carbons (Fsp3) is 0.750. The minimum Gasteiger partial charge on any atom is -0.383 e. The van der Waals surface area contributed by atoms with E-state index in [-0.39, 0.29) is 0 Å². The van der Waals surface area contributed by atoms with Crippen LogP contribution in [0.4, 0.5) is 0 Å². The van der Waals surface area contributed by atoms with Gasteiger partial charge in [-0.1, -0.05) is 0 Å². The Labute approximate surface area is 104 Å². The number of aryl methyl sites for hydroxylation is 2. The Morgan fingerprint density at radius 1 is 1.29 bits per heavy atom. The first-order valence-electron chi connectivity index (χ1n) is 6.21. The third-order valence-corrected chi connectivity index (χ3v) is 2.55. The molecule has 1 aromatic rings. The topological polar surface area (TPSA) is 51.1 Å². The lowest BCUT2D eigenvalue weighted by Crippen LogP contribution is -2.29. The first-order chi connectivity index (χ1) is 8.27. The van der Waals surface area contributed by atoms with Crippen molar-refractivity contribution in [1.29, 1.82) is 0 Å². The molecule has 0 atom stereocenters. The highest BCUT2D eigenvalue weighted by Crippen LogP contribution is 2.02. The second-order valence-corrected chi connectivity index (χ2v) is 4.01. The van der Waals surface area contributed by atoms with E-state index >= 15 is 0 Å². The lowest BCUT2D eigenvalue weighted by atomic mass is 10.3. The van der Waals surface area contributed by atoms with Crippen molar-refractivity contribution >= 4 is 0 Å². The molecule has 0 unspecified atom stereocenters. The van der Waals surface area contributed by atoms with Gasteiger partial charge >= 0.3 is 0 Å². The van der Waals surface area contributed by atoms with Crippen molar-refractivity contribution in [2.75, 3.05) is 33.4 Å². The second-order valence-electron chi connectivity index (χ2n) is 4.01. The molecule has 5 nitrogen and oxygen atoms in total. The quantitative estimate of drug-likeness (QED) is 0.619. The van der Waals surface area contributed by atoms with E-state index in [0.29, 0.717) is 0 Å². The summed E-state index contributed by atoms with van der Waals surface area (Å²) in [5, 5.41) is 11.1. The van der Waals surface area contributed by atoms with Crippen LogP contribution < -0.4 is 10.6 Å². The molecule has 98 valence electrons. The first kappa shape index (κ1) is 14.2. The van der Waals surface area contributed by atoms with Gasteiger partial charge in [0.15, 0.2) is 0 Å². The average Bonchev–Trinajstić information content (AvgIpc) is 2.68. The normalized spacial score (nSPS) is 11.0. The van der Waals surface area contributed by atoms with Crippen molar-refractivity contribution in [3.8, 4) is 0 Å². The second kappa shape index (κ2) is 8.22. The molecule has 0 aromatic carbocycles. The maximum Gasteiger partial charge on any atom is 0.0597 e. The lowest BCUT2D eigenvalue weighted by molar-refractivity contribution is 0.199. The van der Waals surface area contributed by atoms with E-state index in [1.807, 2.05) is 11.6 Å². The van der Waals surface area contributed by atoms with Crippen LogP contribution in [-0.4, -0.2) is 43.1 Å². The zero-order valence-corrected chi connectivity index (χ0v) is 11.1. The van der Waals surface area contributed by atoms with Gasteiger partial charge in [-0.3, -0.25) is 4.68 Å². The molecule has 1 rings (SSSR count). The lowest BCUT2D eigenvalue weighted by Gasteiger charge is -2.07. The number of hydrogen-bond donors (Lipinski definition) is 2. The minimum atomic E-state index is 0.766. The molecule has 17 heavy (non-hydrogen) atoms. The maximum atomic E-state index is 4.96. The summed E-state index contributed by atoms with van der Waals surface area (Å²) in [6.45, 7) is 9.54. The van der Waals surface area contributed by atoms with E-state index in [9.17, 15) is 0 Å². The number of nitrogens with zero attached hydrogens (tertiary/aromatic N) is 2. The van der Waals surface area contributed by atoms with Crippen molar-refractivity contribution < 1.29 is 4.74 Å². The summed E-state index contributed by atoms with van der Waals surface area (Å²) in [6.07, 6.45) is 0. The van der Waals surface area contributed by atoms with Crippen LogP contribution in [0.3, 0.4) is 0 Å². The highest BCUT2D eigenvalue weighted by molar-refractivity contribution is 5.08. The highest BCUT2D eigenvalue weighted by atomic mass is 16.5. The van der Waals surface area contributed by atoms with Gasteiger partial charge in [-0.15, -0.1) is 0 Å². The van der Waals surface area contributed by atoms with Crippen LogP contribution in [0.5, 0.6) is 0 Å². The zero-order chi connectivity index (χ0) is 12.5. The van der Waals surface area contributed by atoms with Gasteiger partial charge in [0.05, 0.1) is 18.0 Å². The summed E-state index contributed by atoms with van der Waals surface area (Å²) >= 11 is 0. The highest BCUT2D eigenvalue weighted by Gasteiger charge is 2.02. The molecular formula is C12H24N4O. The molecular weight excluding hydrogens is 216 g/mol. The van der Waals surface area contributed by atoms with Gasteiger partial charge in [0.2, 0.25) is 0 Å². The third-order valence-electron chi connectivity index (χ3n) is 2.55. The van der Waals surface area contributed by atoms with Gasteiger partial charge in [0, 0.05) is 39.8 Å². The van der Waals surface area contributed by atoms with Crippen molar-refractivity contribution in [2.45, 2.75) is 26.9 Å². The molecule has 5 heteroatoms. The van der Waals surface area contributed by atoms with Crippen molar-refractivity contribution in [2.24, 2.45) is 0 Å². The number of hydrogen-bond acceptors (Lipinski definition) is 4. The van der Waals surface area contributed by atoms with Crippen LogP contribution in [0.1, 0.15) is 18.3 Å². The SMILES string of the molecule is CCn1nc(C)cc1CNCCNCCOC. The molecule has 0 fully saturated rings. The molecule has 1 aromatic heterocycles. The Bertz CT molecular complexity index is 311. The number of aromatic nitrogens is 2.